The van der Waals surface area contributed by atoms with Crippen LogP contribution in [0.15, 0.2) is 77.8 Å². The van der Waals surface area contributed by atoms with Crippen molar-refractivity contribution in [3.05, 3.63) is 94.9 Å². The van der Waals surface area contributed by atoms with E-state index in [0.717, 1.165) is 49.5 Å². The summed E-state index contributed by atoms with van der Waals surface area (Å²) in [5, 5.41) is 11.8. The molecule has 0 fully saturated rings. The number of aliphatic carboxylic acids is 1. The molecule has 5 rings (SSSR count). The summed E-state index contributed by atoms with van der Waals surface area (Å²) in [5.41, 5.74) is 4.59. The highest BCUT2D eigenvalue weighted by atomic mass is 35.5. The lowest BCUT2D eigenvalue weighted by molar-refractivity contribution is -0.146. The molecule has 0 spiro atoms. The van der Waals surface area contributed by atoms with E-state index in [0.29, 0.717) is 18.0 Å². The first-order valence-corrected chi connectivity index (χ1v) is 14.7. The Hall–Kier alpha value is -3.55. The van der Waals surface area contributed by atoms with Crippen LogP contribution < -0.4 is 4.74 Å². The third-order valence-corrected chi connectivity index (χ3v) is 8.35. The number of aromatic nitrogens is 3. The van der Waals surface area contributed by atoms with E-state index in [1.807, 2.05) is 54.6 Å². The fraction of sp³-hybridized carbons (Fsp3) is 0.303. The molecule has 212 valence electrons. The van der Waals surface area contributed by atoms with E-state index in [1.165, 1.54) is 0 Å². The van der Waals surface area contributed by atoms with Crippen LogP contribution in [0, 0.1) is 5.41 Å². The molecule has 1 N–H and O–H groups in total. The van der Waals surface area contributed by atoms with Crippen LogP contribution in [-0.2, 0) is 24.4 Å². The highest BCUT2D eigenvalue weighted by molar-refractivity contribution is 8.00. The minimum Gasteiger partial charge on any atom is -0.487 e. The Labute approximate surface area is 249 Å². The average molecular weight is 588 g/mol. The summed E-state index contributed by atoms with van der Waals surface area (Å²) < 4.78 is 8.37. The van der Waals surface area contributed by atoms with Gasteiger partial charge < -0.3 is 14.4 Å². The Morgan fingerprint density at radius 2 is 1.71 bits per heavy atom. The molecule has 5 aromatic rings. The average Bonchev–Trinajstić information content (AvgIpc) is 3.18. The van der Waals surface area contributed by atoms with Crippen LogP contribution in [0.4, 0.5) is 0 Å². The molecule has 0 saturated heterocycles. The van der Waals surface area contributed by atoms with Crippen LogP contribution in [0.2, 0.25) is 5.02 Å². The van der Waals surface area contributed by atoms with Crippen LogP contribution in [0.5, 0.6) is 5.75 Å². The van der Waals surface area contributed by atoms with Crippen molar-refractivity contribution in [2.24, 2.45) is 5.41 Å². The molecule has 0 amide bonds. The number of halogens is 1. The van der Waals surface area contributed by atoms with Gasteiger partial charge in [-0.1, -0.05) is 56.6 Å². The SMILES string of the molecule is CC(C)(C)Sc1c(CC(C)(C)C(=O)O)n(Cc2ccc(Cl)cc2)c2ccc(OCc3cnc4ccccc4n3)cc12. The quantitative estimate of drug-likeness (QED) is 0.174. The first-order chi connectivity index (χ1) is 19.4. The van der Waals surface area contributed by atoms with Crippen LogP contribution in [-0.4, -0.2) is 30.4 Å². The van der Waals surface area contributed by atoms with Gasteiger partial charge in [-0.3, -0.25) is 9.78 Å². The molecule has 0 aliphatic carbocycles. The van der Waals surface area contributed by atoms with Crippen molar-refractivity contribution >= 4 is 51.3 Å². The molecule has 2 heterocycles. The Balaban J connectivity index is 1.58. The summed E-state index contributed by atoms with van der Waals surface area (Å²) in [4.78, 5) is 22.5. The van der Waals surface area contributed by atoms with Crippen molar-refractivity contribution in [1.82, 2.24) is 14.5 Å². The maximum Gasteiger partial charge on any atom is 0.309 e. The summed E-state index contributed by atoms with van der Waals surface area (Å²) in [7, 11) is 0. The predicted molar refractivity (Wildman–Crippen MR) is 167 cm³/mol. The number of benzene rings is 3. The Kier molecular flexibility index (Phi) is 8.04. The number of thioether (sulfide) groups is 1. The zero-order chi connectivity index (χ0) is 29.4. The molecule has 0 radical (unpaired) electrons. The number of hydrogen-bond acceptors (Lipinski definition) is 5. The standard InChI is InChI=1S/C33H34ClN3O3S/c1-32(2,3)41-30-25-16-24(40-20-23-18-35-26-8-6-7-9-27(26)36-23)14-15-28(25)37(19-21-10-12-22(34)13-11-21)29(30)17-33(4,5)31(38)39/h6-16,18H,17,19-20H2,1-5H3,(H,38,39). The summed E-state index contributed by atoms with van der Waals surface area (Å²) in [6, 6.07) is 21.7. The van der Waals surface area contributed by atoms with E-state index in [-0.39, 0.29) is 11.4 Å². The molecule has 2 aromatic heterocycles. The van der Waals surface area contributed by atoms with Gasteiger partial charge in [0, 0.05) is 44.2 Å². The number of carboxylic acid groups (broad SMARTS) is 1. The minimum absolute atomic E-state index is 0.0982. The third-order valence-electron chi connectivity index (χ3n) is 6.83. The van der Waals surface area contributed by atoms with Gasteiger partial charge in [-0.15, -0.1) is 11.8 Å². The first-order valence-electron chi connectivity index (χ1n) is 13.5. The molecule has 0 unspecified atom stereocenters. The Bertz CT molecular complexity index is 1720. The Morgan fingerprint density at radius 1 is 1.00 bits per heavy atom. The van der Waals surface area contributed by atoms with Crippen molar-refractivity contribution in [1.29, 1.82) is 0 Å². The van der Waals surface area contributed by atoms with E-state index in [4.69, 9.17) is 16.3 Å². The zero-order valence-corrected chi connectivity index (χ0v) is 25.5. The fourth-order valence-corrected chi connectivity index (χ4v) is 6.02. The van der Waals surface area contributed by atoms with Gasteiger partial charge in [0.2, 0.25) is 0 Å². The van der Waals surface area contributed by atoms with Gasteiger partial charge >= 0.3 is 5.97 Å². The Morgan fingerprint density at radius 3 is 2.39 bits per heavy atom. The number of carboxylic acids is 1. The van der Waals surface area contributed by atoms with Gasteiger partial charge in [-0.25, -0.2) is 4.98 Å². The number of rotatable bonds is 9. The fourth-order valence-electron chi connectivity index (χ4n) is 4.71. The molecular weight excluding hydrogens is 554 g/mol. The highest BCUT2D eigenvalue weighted by Gasteiger charge is 2.32. The van der Waals surface area contributed by atoms with Gasteiger partial charge in [0.1, 0.15) is 12.4 Å². The van der Waals surface area contributed by atoms with Gasteiger partial charge in [0.05, 0.1) is 28.3 Å². The van der Waals surface area contributed by atoms with Crippen molar-refractivity contribution in [2.45, 2.75) is 63.8 Å². The molecule has 0 aliphatic heterocycles. The minimum atomic E-state index is -0.951. The molecule has 6 nitrogen and oxygen atoms in total. The first kappa shape index (κ1) is 29.0. The highest BCUT2D eigenvalue weighted by Crippen LogP contribution is 2.44. The second-order valence-electron chi connectivity index (χ2n) is 11.9. The van der Waals surface area contributed by atoms with Crippen LogP contribution in [0.1, 0.15) is 51.6 Å². The van der Waals surface area contributed by atoms with Crippen LogP contribution in [0.3, 0.4) is 0 Å². The monoisotopic (exact) mass is 587 g/mol. The molecular formula is C33H34ClN3O3S. The third kappa shape index (κ3) is 6.68. The number of ether oxygens (including phenoxy) is 1. The molecule has 0 aliphatic rings. The summed E-state index contributed by atoms with van der Waals surface area (Å²) in [5.74, 6) is -0.107. The van der Waals surface area contributed by atoms with Gasteiger partial charge in [0.25, 0.3) is 0 Å². The maximum absolute atomic E-state index is 12.2. The summed E-state index contributed by atoms with van der Waals surface area (Å²) in [6.07, 6.45) is 2.13. The summed E-state index contributed by atoms with van der Waals surface area (Å²) >= 11 is 7.92. The number of hydrogen-bond donors (Lipinski definition) is 1. The lowest BCUT2D eigenvalue weighted by Crippen LogP contribution is -2.28. The predicted octanol–water partition coefficient (Wildman–Crippen LogP) is 8.41. The number of carbonyl (C=O) groups is 1. The number of nitrogens with zero attached hydrogens (tertiary/aromatic N) is 3. The smallest absolute Gasteiger partial charge is 0.309 e. The van der Waals surface area contributed by atoms with Gasteiger partial charge in [0.15, 0.2) is 0 Å². The van der Waals surface area contributed by atoms with E-state index >= 15 is 0 Å². The molecule has 0 atom stereocenters. The van der Waals surface area contributed by atoms with Gasteiger partial charge in [-0.05, 0) is 61.9 Å². The van der Waals surface area contributed by atoms with E-state index in [2.05, 4.69) is 47.4 Å². The lowest BCUT2D eigenvalue weighted by atomic mass is 9.88. The van der Waals surface area contributed by atoms with Crippen molar-refractivity contribution in [2.75, 3.05) is 0 Å². The second-order valence-corrected chi connectivity index (χ2v) is 14.2. The topological polar surface area (TPSA) is 77.2 Å². The van der Waals surface area contributed by atoms with Crippen molar-refractivity contribution in [3.8, 4) is 5.75 Å². The zero-order valence-electron chi connectivity index (χ0n) is 23.9. The normalized spacial score (nSPS) is 12.2. The maximum atomic E-state index is 12.2. The molecule has 0 saturated carbocycles. The molecule has 3 aromatic carbocycles. The van der Waals surface area contributed by atoms with Crippen LogP contribution >= 0.6 is 23.4 Å². The largest absolute Gasteiger partial charge is 0.487 e. The van der Waals surface area contributed by atoms with Gasteiger partial charge in [-0.2, -0.15) is 0 Å². The molecule has 0 bridgehead atoms. The van der Waals surface area contributed by atoms with Crippen molar-refractivity contribution in [3.63, 3.8) is 0 Å². The van der Waals surface area contributed by atoms with E-state index in [1.54, 1.807) is 31.8 Å². The van der Waals surface area contributed by atoms with E-state index < -0.39 is 11.4 Å². The second kappa shape index (κ2) is 11.4. The summed E-state index contributed by atoms with van der Waals surface area (Å²) in [6.45, 7) is 11.0. The molecule has 41 heavy (non-hydrogen) atoms. The van der Waals surface area contributed by atoms with Crippen molar-refractivity contribution < 1.29 is 14.6 Å². The molecule has 8 heteroatoms. The van der Waals surface area contributed by atoms with Crippen LogP contribution in [0.25, 0.3) is 21.9 Å². The lowest BCUT2D eigenvalue weighted by Gasteiger charge is -2.24. The number of para-hydroxylation sites is 2. The number of fused-ring (bicyclic) bond motifs is 2. The van der Waals surface area contributed by atoms with E-state index in [9.17, 15) is 9.90 Å².